The summed E-state index contributed by atoms with van der Waals surface area (Å²) in [4.78, 5) is 38.0. The first-order valence-electron chi connectivity index (χ1n) is 7.62. The molecule has 7 heteroatoms. The Bertz CT molecular complexity index is 646. The smallest absolute Gasteiger partial charge is 0.328 e. The van der Waals surface area contributed by atoms with Crippen molar-refractivity contribution in [1.82, 2.24) is 5.32 Å². The Morgan fingerprint density at radius 1 is 1.30 bits per heavy atom. The molecule has 2 saturated heterocycles. The van der Waals surface area contributed by atoms with Gasteiger partial charge in [-0.25, -0.2) is 4.79 Å². The van der Waals surface area contributed by atoms with Gasteiger partial charge in [0.05, 0.1) is 12.8 Å². The lowest BCUT2D eigenvalue weighted by atomic mass is 10.1. The number of hydrogen-bond acceptors (Lipinski definition) is 5. The van der Waals surface area contributed by atoms with Crippen molar-refractivity contribution in [1.29, 1.82) is 0 Å². The second-order valence-electron chi connectivity index (χ2n) is 5.74. The Balaban J connectivity index is 1.89. The standard InChI is InChI=1S/C16H19N3O4/c1-23-14-3-2-12(18-6-4-11(9-18)10-20)8-13(14)19-7-5-15(21)17-16(19)22/h2-3,8,10-11H,4-7,9H2,1H3,(H,17,21,22). The number of benzene rings is 1. The van der Waals surface area contributed by atoms with Crippen LogP contribution in [0.1, 0.15) is 12.8 Å². The summed E-state index contributed by atoms with van der Waals surface area (Å²) in [5.41, 5.74) is 1.57. The fourth-order valence-electron chi connectivity index (χ4n) is 3.01. The number of hydrogen-bond donors (Lipinski definition) is 1. The summed E-state index contributed by atoms with van der Waals surface area (Å²) in [5, 5.41) is 2.32. The van der Waals surface area contributed by atoms with Gasteiger partial charge in [0.1, 0.15) is 12.0 Å². The van der Waals surface area contributed by atoms with Gasteiger partial charge in [-0.05, 0) is 24.6 Å². The first kappa shape index (κ1) is 15.3. The van der Waals surface area contributed by atoms with Crippen molar-refractivity contribution in [3.05, 3.63) is 18.2 Å². The zero-order valence-corrected chi connectivity index (χ0v) is 12.9. The highest BCUT2D eigenvalue weighted by Gasteiger charge is 2.28. The molecule has 7 nitrogen and oxygen atoms in total. The number of anilines is 2. The van der Waals surface area contributed by atoms with Crippen LogP contribution in [-0.4, -0.2) is 45.0 Å². The zero-order chi connectivity index (χ0) is 16.4. The molecule has 1 unspecified atom stereocenters. The van der Waals surface area contributed by atoms with Crippen molar-refractivity contribution in [3.8, 4) is 5.75 Å². The van der Waals surface area contributed by atoms with E-state index in [9.17, 15) is 14.4 Å². The molecule has 3 rings (SSSR count). The van der Waals surface area contributed by atoms with Crippen molar-refractivity contribution < 1.29 is 19.1 Å². The van der Waals surface area contributed by atoms with Crippen molar-refractivity contribution in [2.24, 2.45) is 5.92 Å². The van der Waals surface area contributed by atoms with Gasteiger partial charge in [-0.15, -0.1) is 0 Å². The Hall–Kier alpha value is -2.57. The largest absolute Gasteiger partial charge is 0.495 e. The van der Waals surface area contributed by atoms with Gasteiger partial charge in [0.25, 0.3) is 0 Å². The molecule has 3 amide bonds. The lowest BCUT2D eigenvalue weighted by Crippen LogP contribution is -2.49. The summed E-state index contributed by atoms with van der Waals surface area (Å²) >= 11 is 0. The number of nitrogens with zero attached hydrogens (tertiary/aromatic N) is 2. The molecule has 0 aromatic heterocycles. The third kappa shape index (κ3) is 2.99. The van der Waals surface area contributed by atoms with Gasteiger partial charge in [0, 0.05) is 37.7 Å². The number of aldehydes is 1. The van der Waals surface area contributed by atoms with E-state index in [1.165, 1.54) is 4.90 Å². The van der Waals surface area contributed by atoms with E-state index < -0.39 is 6.03 Å². The quantitative estimate of drug-likeness (QED) is 0.843. The summed E-state index contributed by atoms with van der Waals surface area (Å²) in [6, 6.07) is 5.16. The molecule has 0 radical (unpaired) electrons. The van der Waals surface area contributed by atoms with Crippen LogP contribution in [0.4, 0.5) is 16.2 Å². The van der Waals surface area contributed by atoms with E-state index in [2.05, 4.69) is 10.2 Å². The molecule has 0 spiro atoms. The minimum absolute atomic E-state index is 0.0523. The highest BCUT2D eigenvalue weighted by molar-refractivity contribution is 6.06. The predicted octanol–water partition coefficient (Wildman–Crippen LogP) is 1.17. The molecule has 0 bridgehead atoms. The van der Waals surface area contributed by atoms with Crippen molar-refractivity contribution in [2.45, 2.75) is 12.8 Å². The van der Waals surface area contributed by atoms with Crippen LogP contribution >= 0.6 is 0 Å². The highest BCUT2D eigenvalue weighted by atomic mass is 16.5. The summed E-state index contributed by atoms with van der Waals surface area (Å²) < 4.78 is 5.35. The second kappa shape index (κ2) is 6.28. The summed E-state index contributed by atoms with van der Waals surface area (Å²) in [6.45, 7) is 1.81. The SMILES string of the molecule is COc1ccc(N2CCC(C=O)C2)cc1N1CCC(=O)NC1=O. The molecule has 2 aliphatic heterocycles. The van der Waals surface area contributed by atoms with Crippen molar-refractivity contribution in [2.75, 3.05) is 36.5 Å². The van der Waals surface area contributed by atoms with E-state index in [1.54, 1.807) is 7.11 Å². The van der Waals surface area contributed by atoms with E-state index in [0.29, 0.717) is 24.5 Å². The van der Waals surface area contributed by atoms with Crippen LogP contribution in [0, 0.1) is 5.92 Å². The maximum atomic E-state index is 12.1. The molecule has 1 aromatic rings. The second-order valence-corrected chi connectivity index (χ2v) is 5.74. The van der Waals surface area contributed by atoms with Crippen LogP contribution in [0.5, 0.6) is 5.75 Å². The van der Waals surface area contributed by atoms with E-state index in [4.69, 9.17) is 4.74 Å². The number of carbonyl (C=O) groups excluding carboxylic acids is 3. The van der Waals surface area contributed by atoms with Crippen LogP contribution in [-0.2, 0) is 9.59 Å². The van der Waals surface area contributed by atoms with Gasteiger partial charge in [-0.2, -0.15) is 0 Å². The summed E-state index contributed by atoms with van der Waals surface area (Å²) in [6.07, 6.45) is 2.09. The number of methoxy groups -OCH3 is 1. The molecular weight excluding hydrogens is 298 g/mol. The molecule has 23 heavy (non-hydrogen) atoms. The summed E-state index contributed by atoms with van der Waals surface area (Å²) in [7, 11) is 1.55. The Morgan fingerprint density at radius 2 is 2.13 bits per heavy atom. The molecule has 122 valence electrons. The van der Waals surface area contributed by atoms with Crippen LogP contribution in [0.3, 0.4) is 0 Å². The monoisotopic (exact) mass is 317 g/mol. The minimum atomic E-state index is -0.441. The Morgan fingerprint density at radius 3 is 2.78 bits per heavy atom. The van der Waals surface area contributed by atoms with Gasteiger partial charge in [0.2, 0.25) is 5.91 Å². The average Bonchev–Trinajstić information content (AvgIpc) is 3.03. The van der Waals surface area contributed by atoms with E-state index >= 15 is 0 Å². The molecule has 2 fully saturated rings. The lowest BCUT2D eigenvalue weighted by Gasteiger charge is -2.29. The van der Waals surface area contributed by atoms with Crippen LogP contribution < -0.4 is 19.9 Å². The molecule has 1 N–H and O–H groups in total. The molecule has 0 aliphatic carbocycles. The molecule has 1 aromatic carbocycles. The molecule has 1 atom stereocenters. The third-order valence-corrected chi connectivity index (χ3v) is 4.29. The van der Waals surface area contributed by atoms with Gasteiger partial charge < -0.3 is 14.4 Å². The first-order valence-corrected chi connectivity index (χ1v) is 7.62. The first-order chi connectivity index (χ1) is 11.1. The van der Waals surface area contributed by atoms with E-state index in [-0.39, 0.29) is 18.2 Å². The average molecular weight is 317 g/mol. The topological polar surface area (TPSA) is 79.0 Å². The van der Waals surface area contributed by atoms with Gasteiger partial charge in [0.15, 0.2) is 0 Å². The third-order valence-electron chi connectivity index (χ3n) is 4.29. The molecule has 0 saturated carbocycles. The Labute approximate surface area is 134 Å². The van der Waals surface area contributed by atoms with Crippen molar-refractivity contribution >= 4 is 29.6 Å². The number of imide groups is 1. The van der Waals surface area contributed by atoms with Crippen LogP contribution in [0.2, 0.25) is 0 Å². The molecule has 2 heterocycles. The van der Waals surface area contributed by atoms with E-state index in [0.717, 1.165) is 24.9 Å². The minimum Gasteiger partial charge on any atom is -0.495 e. The number of rotatable bonds is 4. The number of ether oxygens (including phenoxy) is 1. The normalized spacial score (nSPS) is 21.3. The van der Waals surface area contributed by atoms with Crippen molar-refractivity contribution in [3.63, 3.8) is 0 Å². The number of carbonyl (C=O) groups is 3. The maximum absolute atomic E-state index is 12.1. The van der Waals surface area contributed by atoms with Crippen LogP contribution in [0.15, 0.2) is 18.2 Å². The number of nitrogens with one attached hydrogen (secondary N) is 1. The van der Waals surface area contributed by atoms with Crippen LogP contribution in [0.25, 0.3) is 0 Å². The Kier molecular flexibility index (Phi) is 4.18. The number of amides is 3. The highest BCUT2D eigenvalue weighted by Crippen LogP contribution is 2.35. The number of urea groups is 1. The molecule has 2 aliphatic rings. The predicted molar refractivity (Wildman–Crippen MR) is 84.9 cm³/mol. The van der Waals surface area contributed by atoms with E-state index in [1.807, 2.05) is 18.2 Å². The van der Waals surface area contributed by atoms with Gasteiger partial charge in [-0.1, -0.05) is 0 Å². The van der Waals surface area contributed by atoms with Gasteiger partial charge >= 0.3 is 6.03 Å². The summed E-state index contributed by atoms with van der Waals surface area (Å²) in [5.74, 6) is 0.357. The zero-order valence-electron chi connectivity index (χ0n) is 12.9. The van der Waals surface area contributed by atoms with Gasteiger partial charge in [-0.3, -0.25) is 15.0 Å². The maximum Gasteiger partial charge on any atom is 0.328 e. The fraction of sp³-hybridized carbons (Fsp3) is 0.438. The molecular formula is C16H19N3O4. The lowest BCUT2D eigenvalue weighted by molar-refractivity contribution is -0.120. The fourth-order valence-corrected chi connectivity index (χ4v) is 3.01.